The molecule has 0 saturated heterocycles. The van der Waals surface area contributed by atoms with Gasteiger partial charge in [-0.2, -0.15) is 10.1 Å². The number of aryl methyl sites for hydroxylation is 1. The van der Waals surface area contributed by atoms with E-state index in [0.717, 1.165) is 11.3 Å². The predicted octanol–water partition coefficient (Wildman–Crippen LogP) is 4.98. The van der Waals surface area contributed by atoms with Gasteiger partial charge in [0.15, 0.2) is 5.82 Å². The average molecular weight is 376 g/mol. The molecule has 0 amide bonds. The summed E-state index contributed by atoms with van der Waals surface area (Å²) in [6, 6.07) is 10.9. The monoisotopic (exact) mass is 375 g/mol. The Balaban J connectivity index is 1.83. The molecule has 3 aromatic rings. The van der Waals surface area contributed by atoms with Gasteiger partial charge in [0.25, 0.3) is 0 Å². The Morgan fingerprint density at radius 2 is 1.84 bits per heavy atom. The molecule has 0 unspecified atom stereocenters. The first-order valence-electron chi connectivity index (χ1n) is 7.38. The summed E-state index contributed by atoms with van der Waals surface area (Å²) in [6.45, 7) is 1.99. The summed E-state index contributed by atoms with van der Waals surface area (Å²) in [7, 11) is 1.61. The molecule has 3 rings (SSSR count). The minimum Gasteiger partial charge on any atom is -0.495 e. The summed E-state index contributed by atoms with van der Waals surface area (Å²) in [5.74, 6) is 1.51. The van der Waals surface area contributed by atoms with E-state index in [0.29, 0.717) is 33.2 Å². The molecule has 0 atom stereocenters. The molecule has 0 aliphatic heterocycles. The largest absolute Gasteiger partial charge is 0.495 e. The maximum absolute atomic E-state index is 6.16. The van der Waals surface area contributed by atoms with Crippen molar-refractivity contribution in [3.8, 4) is 5.75 Å². The molecular formula is C17H15Cl2N5O. The van der Waals surface area contributed by atoms with Crippen molar-refractivity contribution in [1.29, 1.82) is 0 Å². The van der Waals surface area contributed by atoms with E-state index < -0.39 is 0 Å². The highest BCUT2D eigenvalue weighted by Crippen LogP contribution is 2.29. The smallest absolute Gasteiger partial charge is 0.249 e. The number of benzene rings is 2. The Hall–Kier alpha value is -2.57. The third-order valence-corrected chi connectivity index (χ3v) is 3.90. The molecule has 0 saturated carbocycles. The molecule has 2 aromatic carbocycles. The third-order valence-electron chi connectivity index (χ3n) is 3.35. The van der Waals surface area contributed by atoms with E-state index in [2.05, 4.69) is 25.8 Å². The van der Waals surface area contributed by atoms with E-state index in [1.54, 1.807) is 25.3 Å². The van der Waals surface area contributed by atoms with Gasteiger partial charge in [-0.15, -0.1) is 5.10 Å². The molecule has 1 heterocycles. The van der Waals surface area contributed by atoms with Gasteiger partial charge in [-0.25, -0.2) is 0 Å². The topological polar surface area (TPSA) is 72.0 Å². The van der Waals surface area contributed by atoms with Gasteiger partial charge in [0.2, 0.25) is 5.95 Å². The lowest BCUT2D eigenvalue weighted by atomic mass is 10.2. The van der Waals surface area contributed by atoms with E-state index in [4.69, 9.17) is 27.9 Å². The van der Waals surface area contributed by atoms with Gasteiger partial charge >= 0.3 is 0 Å². The van der Waals surface area contributed by atoms with Crippen molar-refractivity contribution in [2.24, 2.45) is 0 Å². The first-order valence-corrected chi connectivity index (χ1v) is 8.14. The number of hydrogen-bond donors (Lipinski definition) is 2. The number of nitrogens with one attached hydrogen (secondary N) is 2. The standard InChI is InChI=1S/C17H15Cl2N5O/c1-10-3-6-15(25-2)14(7-10)22-17-23-16(9-20-24-17)21-13-5-4-11(18)8-12(13)19/h3-9H,1-2H3,(H2,21,22,23,24). The highest BCUT2D eigenvalue weighted by atomic mass is 35.5. The molecule has 0 fully saturated rings. The maximum atomic E-state index is 6.16. The van der Waals surface area contributed by atoms with Gasteiger partial charge in [-0.1, -0.05) is 29.3 Å². The lowest BCUT2D eigenvalue weighted by Gasteiger charge is -2.12. The van der Waals surface area contributed by atoms with Crippen LogP contribution in [0.1, 0.15) is 5.56 Å². The predicted molar refractivity (Wildman–Crippen MR) is 101 cm³/mol. The first kappa shape index (κ1) is 17.3. The Morgan fingerprint density at radius 1 is 1.00 bits per heavy atom. The molecular weight excluding hydrogens is 361 g/mol. The molecule has 0 spiro atoms. The van der Waals surface area contributed by atoms with Crippen molar-refractivity contribution < 1.29 is 4.74 Å². The van der Waals surface area contributed by atoms with Crippen LogP contribution in [0, 0.1) is 6.92 Å². The number of halogens is 2. The van der Waals surface area contributed by atoms with Crippen LogP contribution in [0.3, 0.4) is 0 Å². The number of nitrogens with zero attached hydrogens (tertiary/aromatic N) is 3. The van der Waals surface area contributed by atoms with Crippen LogP contribution in [0.5, 0.6) is 5.75 Å². The summed E-state index contributed by atoms with van der Waals surface area (Å²) in [4.78, 5) is 4.39. The van der Waals surface area contributed by atoms with Crippen LogP contribution in [-0.2, 0) is 0 Å². The lowest BCUT2D eigenvalue weighted by Crippen LogP contribution is -2.03. The average Bonchev–Trinajstić information content (AvgIpc) is 2.58. The van der Waals surface area contributed by atoms with Crippen molar-refractivity contribution in [1.82, 2.24) is 15.2 Å². The zero-order valence-electron chi connectivity index (χ0n) is 13.5. The normalized spacial score (nSPS) is 10.4. The summed E-state index contributed by atoms with van der Waals surface area (Å²) in [5.41, 5.74) is 2.51. The van der Waals surface area contributed by atoms with Crippen molar-refractivity contribution in [2.75, 3.05) is 17.7 Å². The quantitative estimate of drug-likeness (QED) is 0.654. The van der Waals surface area contributed by atoms with Gasteiger partial charge in [0.1, 0.15) is 5.75 Å². The number of rotatable bonds is 5. The highest BCUT2D eigenvalue weighted by molar-refractivity contribution is 6.36. The number of hydrogen-bond acceptors (Lipinski definition) is 6. The molecule has 0 aliphatic rings. The summed E-state index contributed by atoms with van der Waals surface area (Å²) in [6.07, 6.45) is 1.50. The Labute approximate surface area is 155 Å². The van der Waals surface area contributed by atoms with E-state index in [-0.39, 0.29) is 0 Å². The molecule has 6 nitrogen and oxygen atoms in total. The van der Waals surface area contributed by atoms with Gasteiger partial charge in [-0.3, -0.25) is 0 Å². The Morgan fingerprint density at radius 3 is 2.60 bits per heavy atom. The van der Waals surface area contributed by atoms with Crippen LogP contribution in [0.25, 0.3) is 0 Å². The van der Waals surface area contributed by atoms with Crippen molar-refractivity contribution in [2.45, 2.75) is 6.92 Å². The Bertz CT molecular complexity index is 904. The second kappa shape index (κ2) is 7.55. The van der Waals surface area contributed by atoms with E-state index in [9.17, 15) is 0 Å². The van der Waals surface area contributed by atoms with Crippen LogP contribution < -0.4 is 15.4 Å². The molecule has 0 bridgehead atoms. The molecule has 0 aliphatic carbocycles. The van der Waals surface area contributed by atoms with Crippen LogP contribution in [-0.4, -0.2) is 22.3 Å². The fourth-order valence-electron chi connectivity index (χ4n) is 2.19. The highest BCUT2D eigenvalue weighted by Gasteiger charge is 2.08. The molecule has 0 radical (unpaired) electrons. The molecule has 1 aromatic heterocycles. The first-order chi connectivity index (χ1) is 12.0. The van der Waals surface area contributed by atoms with Crippen molar-refractivity contribution in [3.63, 3.8) is 0 Å². The maximum Gasteiger partial charge on any atom is 0.249 e. The molecule has 128 valence electrons. The molecule has 25 heavy (non-hydrogen) atoms. The van der Waals surface area contributed by atoms with Gasteiger partial charge in [-0.05, 0) is 42.8 Å². The van der Waals surface area contributed by atoms with Crippen molar-refractivity contribution >= 4 is 46.3 Å². The van der Waals surface area contributed by atoms with Crippen LogP contribution >= 0.6 is 23.2 Å². The van der Waals surface area contributed by atoms with Crippen LogP contribution in [0.15, 0.2) is 42.6 Å². The number of anilines is 4. The SMILES string of the molecule is COc1ccc(C)cc1Nc1nncc(Nc2ccc(Cl)cc2Cl)n1. The van der Waals surface area contributed by atoms with Crippen LogP contribution in [0.2, 0.25) is 10.0 Å². The van der Waals surface area contributed by atoms with E-state index in [1.807, 2.05) is 25.1 Å². The zero-order chi connectivity index (χ0) is 17.8. The molecule has 8 heteroatoms. The minimum absolute atomic E-state index is 0.332. The fourth-order valence-corrected chi connectivity index (χ4v) is 2.64. The van der Waals surface area contributed by atoms with Crippen LogP contribution in [0.4, 0.5) is 23.1 Å². The minimum atomic E-state index is 0.332. The van der Waals surface area contributed by atoms with Gasteiger partial charge in [0.05, 0.1) is 29.7 Å². The summed E-state index contributed by atoms with van der Waals surface area (Å²) < 4.78 is 5.34. The molecule has 2 N–H and O–H groups in total. The Kier molecular flexibility index (Phi) is 5.21. The number of aromatic nitrogens is 3. The lowest BCUT2D eigenvalue weighted by molar-refractivity contribution is 0.416. The van der Waals surface area contributed by atoms with E-state index in [1.165, 1.54) is 6.20 Å². The van der Waals surface area contributed by atoms with Crippen molar-refractivity contribution in [3.05, 3.63) is 58.2 Å². The second-order valence-corrected chi connectivity index (χ2v) is 6.09. The zero-order valence-corrected chi connectivity index (χ0v) is 15.1. The summed E-state index contributed by atoms with van der Waals surface area (Å²) in [5, 5.41) is 15.2. The second-order valence-electron chi connectivity index (χ2n) is 5.24. The fraction of sp³-hybridized carbons (Fsp3) is 0.118. The van der Waals surface area contributed by atoms with E-state index >= 15 is 0 Å². The number of methoxy groups -OCH3 is 1. The number of ether oxygens (including phenoxy) is 1. The summed E-state index contributed by atoms with van der Waals surface area (Å²) >= 11 is 12.1. The van der Waals surface area contributed by atoms with Gasteiger partial charge in [0, 0.05) is 5.02 Å². The van der Waals surface area contributed by atoms with Gasteiger partial charge < -0.3 is 15.4 Å². The third kappa shape index (κ3) is 4.29.